The number of carboxylic acid groups (broad SMARTS) is 1. The number of pyridine rings is 2. The van der Waals surface area contributed by atoms with E-state index in [0.717, 1.165) is 42.7 Å². The van der Waals surface area contributed by atoms with Crippen molar-refractivity contribution in [2.45, 2.75) is 44.2 Å². The van der Waals surface area contributed by atoms with Gasteiger partial charge in [0.15, 0.2) is 0 Å². The van der Waals surface area contributed by atoms with Gasteiger partial charge in [-0.2, -0.15) is 0 Å². The van der Waals surface area contributed by atoms with Crippen molar-refractivity contribution < 1.29 is 9.90 Å². The summed E-state index contributed by atoms with van der Waals surface area (Å²) in [6, 6.07) is 5.96. The smallest absolute Gasteiger partial charge is 0.341 e. The number of rotatable bonds is 3. The SMILES string of the molecule is NC1CCCc2sc(-c3ccc4c(=O)c(C(=O)O)cn(C5CC5)c4n3)cc21. The van der Waals surface area contributed by atoms with E-state index >= 15 is 0 Å². The lowest BCUT2D eigenvalue weighted by molar-refractivity contribution is 0.0695. The number of nitrogens with two attached hydrogens (primary N) is 1. The molecule has 27 heavy (non-hydrogen) atoms. The van der Waals surface area contributed by atoms with Gasteiger partial charge in [-0.3, -0.25) is 4.79 Å². The van der Waals surface area contributed by atoms with Crippen LogP contribution in [0.3, 0.4) is 0 Å². The molecule has 0 spiro atoms. The molecule has 0 bridgehead atoms. The Balaban J connectivity index is 1.70. The van der Waals surface area contributed by atoms with E-state index in [1.54, 1.807) is 17.4 Å². The fraction of sp³-hybridized carbons (Fsp3) is 0.350. The number of carbonyl (C=O) groups is 1. The summed E-state index contributed by atoms with van der Waals surface area (Å²) < 4.78 is 1.86. The zero-order valence-electron chi connectivity index (χ0n) is 14.6. The van der Waals surface area contributed by atoms with Crippen LogP contribution in [0.5, 0.6) is 0 Å². The molecule has 0 saturated heterocycles. The van der Waals surface area contributed by atoms with Crippen LogP contribution >= 0.6 is 11.3 Å². The van der Waals surface area contributed by atoms with Crippen LogP contribution in [0.2, 0.25) is 0 Å². The molecule has 1 fully saturated rings. The molecule has 2 aliphatic rings. The molecule has 138 valence electrons. The molecular weight excluding hydrogens is 362 g/mol. The Bertz CT molecular complexity index is 1140. The van der Waals surface area contributed by atoms with Crippen LogP contribution in [0.25, 0.3) is 21.6 Å². The second kappa shape index (κ2) is 6.00. The lowest BCUT2D eigenvalue weighted by Gasteiger charge is -2.17. The minimum Gasteiger partial charge on any atom is -0.477 e. The molecule has 3 aromatic rings. The number of hydrogen-bond acceptors (Lipinski definition) is 5. The first-order valence-corrected chi connectivity index (χ1v) is 10.0. The first-order valence-electron chi connectivity index (χ1n) is 9.20. The van der Waals surface area contributed by atoms with Crippen LogP contribution in [-0.2, 0) is 6.42 Å². The van der Waals surface area contributed by atoms with Crippen molar-refractivity contribution in [3.63, 3.8) is 0 Å². The predicted molar refractivity (Wildman–Crippen MR) is 104 cm³/mol. The molecule has 0 radical (unpaired) electrons. The molecule has 1 saturated carbocycles. The molecule has 0 aromatic carbocycles. The van der Waals surface area contributed by atoms with E-state index in [4.69, 9.17) is 10.7 Å². The molecule has 3 heterocycles. The Morgan fingerprint density at radius 2 is 2.11 bits per heavy atom. The number of aromatic nitrogens is 2. The molecule has 0 aliphatic heterocycles. The molecule has 7 heteroatoms. The third kappa shape index (κ3) is 2.69. The first kappa shape index (κ1) is 16.6. The second-order valence-corrected chi connectivity index (χ2v) is 8.51. The monoisotopic (exact) mass is 381 g/mol. The largest absolute Gasteiger partial charge is 0.477 e. The Morgan fingerprint density at radius 3 is 2.81 bits per heavy atom. The molecule has 2 aliphatic carbocycles. The molecule has 3 N–H and O–H groups in total. The highest BCUT2D eigenvalue weighted by Gasteiger charge is 2.28. The van der Waals surface area contributed by atoms with Crippen LogP contribution in [0, 0.1) is 0 Å². The minimum absolute atomic E-state index is 0.0852. The maximum absolute atomic E-state index is 12.6. The zero-order chi connectivity index (χ0) is 18.7. The van der Waals surface area contributed by atoms with Crippen molar-refractivity contribution in [3.8, 4) is 10.6 Å². The summed E-state index contributed by atoms with van der Waals surface area (Å²) in [5, 5.41) is 9.72. The van der Waals surface area contributed by atoms with Crippen LogP contribution in [0.1, 0.15) is 58.6 Å². The maximum atomic E-state index is 12.6. The number of carboxylic acids is 1. The highest BCUT2D eigenvalue weighted by atomic mass is 32.1. The van der Waals surface area contributed by atoms with Crippen LogP contribution in [0.4, 0.5) is 0 Å². The van der Waals surface area contributed by atoms with Gasteiger partial charge in [-0.25, -0.2) is 9.78 Å². The van der Waals surface area contributed by atoms with E-state index in [-0.39, 0.29) is 17.6 Å². The topological polar surface area (TPSA) is 98.2 Å². The molecule has 5 rings (SSSR count). The number of nitrogens with zero attached hydrogens (tertiary/aromatic N) is 2. The van der Waals surface area contributed by atoms with E-state index < -0.39 is 11.4 Å². The van der Waals surface area contributed by atoms with Gasteiger partial charge in [0.05, 0.1) is 16.0 Å². The Kier molecular flexibility index (Phi) is 3.70. The van der Waals surface area contributed by atoms with Crippen molar-refractivity contribution in [3.05, 3.63) is 50.6 Å². The third-order valence-electron chi connectivity index (χ3n) is 5.46. The minimum atomic E-state index is -1.19. The number of thiophene rings is 1. The van der Waals surface area contributed by atoms with Gasteiger partial charge in [0, 0.05) is 23.2 Å². The van der Waals surface area contributed by atoms with Crippen LogP contribution in [-0.4, -0.2) is 20.6 Å². The number of aromatic carboxylic acids is 1. The van der Waals surface area contributed by atoms with Crippen molar-refractivity contribution in [2.75, 3.05) is 0 Å². The Morgan fingerprint density at radius 1 is 1.30 bits per heavy atom. The summed E-state index contributed by atoms with van der Waals surface area (Å²) in [5.41, 5.74) is 8.18. The summed E-state index contributed by atoms with van der Waals surface area (Å²) in [4.78, 5) is 31.2. The average Bonchev–Trinajstić information content (AvgIpc) is 3.39. The standard InChI is InChI=1S/C20H19N3O3S/c21-14-2-1-3-16-12(14)8-17(27-16)15-7-6-11-18(24)13(20(25)26)9-23(10-4-5-10)19(11)22-15/h6-10,14H,1-5,21H2,(H,25,26). The van der Waals surface area contributed by atoms with Crippen LogP contribution in [0.15, 0.2) is 29.2 Å². The average molecular weight is 381 g/mol. The van der Waals surface area contributed by atoms with E-state index in [9.17, 15) is 14.7 Å². The van der Waals surface area contributed by atoms with Gasteiger partial charge >= 0.3 is 5.97 Å². The van der Waals surface area contributed by atoms with Gasteiger partial charge in [0.2, 0.25) is 5.43 Å². The summed E-state index contributed by atoms with van der Waals surface area (Å²) in [6.45, 7) is 0. The molecule has 0 amide bonds. The van der Waals surface area contributed by atoms with Crippen LogP contribution < -0.4 is 11.2 Å². The Labute approximate surface area is 159 Å². The van der Waals surface area contributed by atoms with Crippen molar-refractivity contribution in [2.24, 2.45) is 5.73 Å². The van der Waals surface area contributed by atoms with Gasteiger partial charge < -0.3 is 15.4 Å². The lowest BCUT2D eigenvalue weighted by Crippen LogP contribution is -2.19. The normalized spacial score (nSPS) is 19.2. The molecular formula is C20H19N3O3S. The maximum Gasteiger partial charge on any atom is 0.341 e. The van der Waals surface area contributed by atoms with E-state index in [2.05, 4.69) is 6.07 Å². The second-order valence-electron chi connectivity index (χ2n) is 7.37. The number of fused-ring (bicyclic) bond motifs is 2. The van der Waals surface area contributed by atoms with E-state index in [1.807, 2.05) is 10.6 Å². The van der Waals surface area contributed by atoms with E-state index in [0.29, 0.717) is 11.0 Å². The molecule has 6 nitrogen and oxygen atoms in total. The van der Waals surface area contributed by atoms with Gasteiger partial charge in [-0.15, -0.1) is 11.3 Å². The highest BCUT2D eigenvalue weighted by molar-refractivity contribution is 7.15. The lowest BCUT2D eigenvalue weighted by atomic mass is 9.94. The molecule has 3 aromatic heterocycles. The van der Waals surface area contributed by atoms with Gasteiger partial charge in [0.1, 0.15) is 11.2 Å². The summed E-state index contributed by atoms with van der Waals surface area (Å²) in [6.07, 6.45) is 6.58. The summed E-state index contributed by atoms with van der Waals surface area (Å²) in [7, 11) is 0. The van der Waals surface area contributed by atoms with Gasteiger partial charge in [-0.1, -0.05) is 0 Å². The fourth-order valence-corrected chi connectivity index (χ4v) is 5.11. The predicted octanol–water partition coefficient (Wildman–Crippen LogP) is 3.49. The van der Waals surface area contributed by atoms with Crippen molar-refractivity contribution >= 4 is 28.3 Å². The molecule has 1 unspecified atom stereocenters. The van der Waals surface area contributed by atoms with Crippen molar-refractivity contribution in [1.82, 2.24) is 9.55 Å². The fourth-order valence-electron chi connectivity index (χ4n) is 3.86. The Hall–Kier alpha value is -2.51. The highest BCUT2D eigenvalue weighted by Crippen LogP contribution is 2.40. The van der Waals surface area contributed by atoms with Crippen molar-refractivity contribution in [1.29, 1.82) is 0 Å². The number of aryl methyl sites for hydroxylation is 1. The first-order chi connectivity index (χ1) is 13.0. The zero-order valence-corrected chi connectivity index (χ0v) is 15.5. The van der Waals surface area contributed by atoms with Gasteiger partial charge in [0.25, 0.3) is 0 Å². The van der Waals surface area contributed by atoms with Gasteiger partial charge in [-0.05, 0) is 55.9 Å². The summed E-state index contributed by atoms with van der Waals surface area (Å²) >= 11 is 1.72. The van der Waals surface area contributed by atoms with E-state index in [1.165, 1.54) is 16.6 Å². The number of hydrogen-bond donors (Lipinski definition) is 2. The summed E-state index contributed by atoms with van der Waals surface area (Å²) in [5.74, 6) is -1.19. The third-order valence-corrected chi connectivity index (χ3v) is 6.69. The molecule has 1 atom stereocenters. The quantitative estimate of drug-likeness (QED) is 0.724.